The lowest BCUT2D eigenvalue weighted by molar-refractivity contribution is -0.132. The van der Waals surface area contributed by atoms with Crippen LogP contribution in [0.5, 0.6) is 0 Å². The van der Waals surface area contributed by atoms with E-state index in [-0.39, 0.29) is 6.04 Å². The normalized spacial score (nSPS) is 31.5. The number of hydrogen-bond acceptors (Lipinski definition) is 2. The van der Waals surface area contributed by atoms with Crippen molar-refractivity contribution in [3.05, 3.63) is 0 Å². The van der Waals surface area contributed by atoms with E-state index in [0.717, 1.165) is 38.4 Å². The van der Waals surface area contributed by atoms with Gasteiger partial charge in [-0.1, -0.05) is 13.8 Å². The molecule has 2 aliphatic heterocycles. The quantitative estimate of drug-likeness (QED) is 0.744. The van der Waals surface area contributed by atoms with Crippen LogP contribution in [0.25, 0.3) is 0 Å². The average Bonchev–Trinajstić information content (AvgIpc) is 2.88. The number of carbonyl (C=O) groups is 1. The zero-order valence-electron chi connectivity index (χ0n) is 9.83. The summed E-state index contributed by atoms with van der Waals surface area (Å²) in [6.07, 6.45) is 3.37. The molecule has 0 radical (unpaired) electrons. The van der Waals surface area contributed by atoms with Gasteiger partial charge in [0.05, 0.1) is 6.04 Å². The number of nitrogens with one attached hydrogen (secondary N) is 1. The van der Waals surface area contributed by atoms with Crippen molar-refractivity contribution in [3.63, 3.8) is 0 Å². The van der Waals surface area contributed by atoms with Crippen LogP contribution in [0.4, 0.5) is 0 Å². The standard InChI is InChI=1S/C12H22N2O/c1-9(2)10-5-7-14(8-10)12(15)11-4-3-6-13-11/h9-11,13H,3-8H2,1-2H3/t10?,11-/m1/s1. The number of amides is 1. The fourth-order valence-electron chi connectivity index (χ4n) is 2.65. The molecule has 0 aromatic heterocycles. The van der Waals surface area contributed by atoms with Gasteiger partial charge in [-0.2, -0.15) is 0 Å². The molecule has 0 bridgehead atoms. The molecule has 0 saturated carbocycles. The molecule has 2 saturated heterocycles. The lowest BCUT2D eigenvalue weighted by Gasteiger charge is -2.21. The highest BCUT2D eigenvalue weighted by molar-refractivity contribution is 5.82. The van der Waals surface area contributed by atoms with Gasteiger partial charge >= 0.3 is 0 Å². The van der Waals surface area contributed by atoms with Crippen LogP contribution in [-0.4, -0.2) is 36.5 Å². The molecule has 0 aromatic rings. The second kappa shape index (κ2) is 4.52. The Morgan fingerprint density at radius 3 is 2.73 bits per heavy atom. The third kappa shape index (κ3) is 2.33. The highest BCUT2D eigenvalue weighted by Gasteiger charge is 2.32. The van der Waals surface area contributed by atoms with Crippen molar-refractivity contribution in [1.82, 2.24) is 10.2 Å². The van der Waals surface area contributed by atoms with Crippen molar-refractivity contribution >= 4 is 5.91 Å². The Balaban J connectivity index is 1.87. The van der Waals surface area contributed by atoms with Crippen LogP contribution in [-0.2, 0) is 4.79 Å². The molecule has 3 nitrogen and oxygen atoms in total. The van der Waals surface area contributed by atoms with Gasteiger partial charge in [0.2, 0.25) is 5.91 Å². The molecular weight excluding hydrogens is 188 g/mol. The van der Waals surface area contributed by atoms with E-state index in [4.69, 9.17) is 0 Å². The monoisotopic (exact) mass is 210 g/mol. The van der Waals surface area contributed by atoms with Gasteiger partial charge in [0.25, 0.3) is 0 Å². The molecule has 0 aromatic carbocycles. The zero-order valence-corrected chi connectivity index (χ0v) is 9.83. The van der Waals surface area contributed by atoms with Crippen LogP contribution in [0.1, 0.15) is 33.1 Å². The van der Waals surface area contributed by atoms with Gasteiger partial charge in [0.1, 0.15) is 0 Å². The number of hydrogen-bond donors (Lipinski definition) is 1. The predicted molar refractivity (Wildman–Crippen MR) is 60.5 cm³/mol. The summed E-state index contributed by atoms with van der Waals surface area (Å²) in [4.78, 5) is 14.1. The molecule has 2 fully saturated rings. The van der Waals surface area contributed by atoms with Gasteiger partial charge in [-0.25, -0.2) is 0 Å². The second-order valence-electron chi connectivity index (χ2n) is 5.23. The Morgan fingerprint density at radius 1 is 1.40 bits per heavy atom. The van der Waals surface area contributed by atoms with Gasteiger partial charge in [-0.3, -0.25) is 4.79 Å². The molecule has 86 valence electrons. The van der Waals surface area contributed by atoms with E-state index in [1.165, 1.54) is 6.42 Å². The lowest BCUT2D eigenvalue weighted by atomic mass is 9.95. The summed E-state index contributed by atoms with van der Waals surface area (Å²) in [6.45, 7) is 7.48. The van der Waals surface area contributed by atoms with Crippen LogP contribution in [0.3, 0.4) is 0 Å². The molecule has 2 aliphatic rings. The Bertz CT molecular complexity index is 234. The summed E-state index contributed by atoms with van der Waals surface area (Å²) >= 11 is 0. The van der Waals surface area contributed by atoms with E-state index >= 15 is 0 Å². The number of rotatable bonds is 2. The van der Waals surface area contributed by atoms with Gasteiger partial charge in [-0.15, -0.1) is 0 Å². The van der Waals surface area contributed by atoms with Crippen molar-refractivity contribution in [2.24, 2.45) is 11.8 Å². The molecule has 0 spiro atoms. The third-order valence-electron chi connectivity index (χ3n) is 3.84. The third-order valence-corrected chi connectivity index (χ3v) is 3.84. The van der Waals surface area contributed by atoms with E-state index < -0.39 is 0 Å². The van der Waals surface area contributed by atoms with Crippen molar-refractivity contribution in [1.29, 1.82) is 0 Å². The molecule has 2 heterocycles. The smallest absolute Gasteiger partial charge is 0.239 e. The number of likely N-dealkylation sites (tertiary alicyclic amines) is 1. The minimum absolute atomic E-state index is 0.121. The summed E-state index contributed by atoms with van der Waals surface area (Å²) in [5.41, 5.74) is 0. The fraction of sp³-hybridized carbons (Fsp3) is 0.917. The first kappa shape index (κ1) is 10.9. The number of nitrogens with zero attached hydrogens (tertiary/aromatic N) is 1. The van der Waals surface area contributed by atoms with Gasteiger partial charge in [0.15, 0.2) is 0 Å². The molecule has 0 aliphatic carbocycles. The Kier molecular flexibility index (Phi) is 3.29. The summed E-state index contributed by atoms with van der Waals surface area (Å²) in [5, 5.41) is 3.29. The maximum absolute atomic E-state index is 12.1. The molecule has 1 unspecified atom stereocenters. The summed E-state index contributed by atoms with van der Waals surface area (Å²) in [5.74, 6) is 1.77. The Morgan fingerprint density at radius 2 is 2.20 bits per heavy atom. The largest absolute Gasteiger partial charge is 0.341 e. The summed E-state index contributed by atoms with van der Waals surface area (Å²) < 4.78 is 0. The van der Waals surface area contributed by atoms with Gasteiger partial charge < -0.3 is 10.2 Å². The second-order valence-corrected chi connectivity index (χ2v) is 5.23. The zero-order chi connectivity index (χ0) is 10.8. The molecule has 1 amide bonds. The Hall–Kier alpha value is -0.570. The summed E-state index contributed by atoms with van der Waals surface area (Å²) in [7, 11) is 0. The van der Waals surface area contributed by atoms with E-state index in [1.807, 2.05) is 0 Å². The summed E-state index contributed by atoms with van der Waals surface area (Å²) in [6, 6.07) is 0.121. The van der Waals surface area contributed by atoms with Crippen molar-refractivity contribution < 1.29 is 4.79 Å². The van der Waals surface area contributed by atoms with E-state index in [0.29, 0.717) is 11.8 Å². The first-order chi connectivity index (χ1) is 7.18. The van der Waals surface area contributed by atoms with E-state index in [9.17, 15) is 4.79 Å². The lowest BCUT2D eigenvalue weighted by Crippen LogP contribution is -2.42. The van der Waals surface area contributed by atoms with Gasteiger partial charge in [-0.05, 0) is 37.6 Å². The minimum Gasteiger partial charge on any atom is -0.341 e. The highest BCUT2D eigenvalue weighted by Crippen LogP contribution is 2.24. The van der Waals surface area contributed by atoms with Crippen molar-refractivity contribution in [3.8, 4) is 0 Å². The van der Waals surface area contributed by atoms with Gasteiger partial charge in [0, 0.05) is 13.1 Å². The molecule has 3 heteroatoms. The van der Waals surface area contributed by atoms with Crippen LogP contribution >= 0.6 is 0 Å². The molecule has 2 atom stereocenters. The van der Waals surface area contributed by atoms with Crippen LogP contribution in [0.15, 0.2) is 0 Å². The van der Waals surface area contributed by atoms with E-state index in [2.05, 4.69) is 24.1 Å². The highest BCUT2D eigenvalue weighted by atomic mass is 16.2. The fourth-order valence-corrected chi connectivity index (χ4v) is 2.65. The predicted octanol–water partition coefficient (Wildman–Crippen LogP) is 1.24. The van der Waals surface area contributed by atoms with Crippen LogP contribution < -0.4 is 5.32 Å². The molecule has 1 N–H and O–H groups in total. The molecule has 2 rings (SSSR count). The first-order valence-corrected chi connectivity index (χ1v) is 6.20. The maximum atomic E-state index is 12.1. The van der Waals surface area contributed by atoms with Crippen LogP contribution in [0, 0.1) is 11.8 Å². The molecular formula is C12H22N2O. The minimum atomic E-state index is 0.121. The molecule has 15 heavy (non-hydrogen) atoms. The van der Waals surface area contributed by atoms with E-state index in [1.54, 1.807) is 0 Å². The topological polar surface area (TPSA) is 32.3 Å². The first-order valence-electron chi connectivity index (χ1n) is 6.20. The maximum Gasteiger partial charge on any atom is 0.239 e. The Labute approximate surface area is 92.2 Å². The van der Waals surface area contributed by atoms with Crippen molar-refractivity contribution in [2.75, 3.05) is 19.6 Å². The van der Waals surface area contributed by atoms with Crippen LogP contribution in [0.2, 0.25) is 0 Å². The van der Waals surface area contributed by atoms with Crippen molar-refractivity contribution in [2.45, 2.75) is 39.2 Å². The SMILES string of the molecule is CC(C)C1CCN(C(=O)[C@H]2CCCN2)C1. The number of carbonyl (C=O) groups excluding carboxylic acids is 1. The average molecular weight is 210 g/mol.